The quantitative estimate of drug-likeness (QED) is 0.530. The zero-order valence-corrected chi connectivity index (χ0v) is 17.3. The van der Waals surface area contributed by atoms with Gasteiger partial charge < -0.3 is 15.8 Å². The molecule has 0 aliphatic rings. The summed E-state index contributed by atoms with van der Waals surface area (Å²) in [7, 11) is 0. The van der Waals surface area contributed by atoms with Gasteiger partial charge in [0.1, 0.15) is 23.9 Å². The van der Waals surface area contributed by atoms with E-state index in [1.807, 2.05) is 0 Å². The van der Waals surface area contributed by atoms with Crippen molar-refractivity contribution in [1.82, 2.24) is 14.7 Å². The minimum absolute atomic E-state index is 0.0878. The molecule has 3 rings (SSSR count). The maximum atomic E-state index is 13.9. The SMILES string of the molecule is Cc1cc(OCc2c(F)cccc2F)c2nc(C)c(C(=O)NCC(N)CC(F)(F)F)n2c1. The summed E-state index contributed by atoms with van der Waals surface area (Å²) in [4.78, 5) is 17.0. The van der Waals surface area contributed by atoms with E-state index in [9.17, 15) is 26.7 Å². The van der Waals surface area contributed by atoms with Crippen LogP contribution in [0, 0.1) is 25.5 Å². The molecule has 2 aromatic heterocycles. The first-order valence-corrected chi connectivity index (χ1v) is 9.61. The van der Waals surface area contributed by atoms with Crippen molar-refractivity contribution in [2.75, 3.05) is 6.54 Å². The van der Waals surface area contributed by atoms with Crippen LogP contribution in [0.2, 0.25) is 0 Å². The fourth-order valence-electron chi connectivity index (χ4n) is 3.23. The van der Waals surface area contributed by atoms with E-state index in [-0.39, 0.29) is 29.2 Å². The molecule has 0 aliphatic heterocycles. The van der Waals surface area contributed by atoms with E-state index in [0.29, 0.717) is 11.3 Å². The number of nitrogens with one attached hydrogen (secondary N) is 1. The number of aryl methyl sites for hydroxylation is 2. The van der Waals surface area contributed by atoms with E-state index in [1.54, 1.807) is 26.1 Å². The van der Waals surface area contributed by atoms with Crippen LogP contribution in [0.25, 0.3) is 5.65 Å². The third-order valence-electron chi connectivity index (χ3n) is 4.66. The standard InChI is InChI=1S/C21H21F5N4O2/c1-11-6-17(32-10-14-15(22)4-3-5-16(14)23)19-29-12(2)18(30(19)9-11)20(31)28-8-13(27)7-21(24,25)26/h3-6,9,13H,7-8,10,27H2,1-2H3,(H,28,31). The number of fused-ring (bicyclic) bond motifs is 1. The topological polar surface area (TPSA) is 81.6 Å². The summed E-state index contributed by atoms with van der Waals surface area (Å²) in [6.07, 6.45) is -4.08. The lowest BCUT2D eigenvalue weighted by atomic mass is 10.2. The summed E-state index contributed by atoms with van der Waals surface area (Å²) in [5, 5.41) is 2.39. The lowest BCUT2D eigenvalue weighted by Gasteiger charge is -2.15. The highest BCUT2D eigenvalue weighted by Crippen LogP contribution is 2.26. The van der Waals surface area contributed by atoms with Crippen molar-refractivity contribution in [3.05, 3.63) is 64.6 Å². The summed E-state index contributed by atoms with van der Waals surface area (Å²) in [5.74, 6) is -2.00. The minimum Gasteiger partial charge on any atom is -0.485 e. The van der Waals surface area contributed by atoms with Gasteiger partial charge in [0.25, 0.3) is 5.91 Å². The van der Waals surface area contributed by atoms with E-state index in [0.717, 1.165) is 12.1 Å². The molecule has 0 fully saturated rings. The molecule has 0 spiro atoms. The molecule has 11 heteroatoms. The van der Waals surface area contributed by atoms with Crippen LogP contribution in [-0.4, -0.2) is 34.1 Å². The first kappa shape index (κ1) is 23.5. The molecule has 0 saturated carbocycles. The lowest BCUT2D eigenvalue weighted by Crippen LogP contribution is -2.40. The molecule has 1 unspecified atom stereocenters. The molecule has 3 aromatic rings. The number of rotatable bonds is 7. The number of alkyl halides is 3. The van der Waals surface area contributed by atoms with Crippen molar-refractivity contribution < 1.29 is 31.5 Å². The van der Waals surface area contributed by atoms with Crippen LogP contribution in [0.5, 0.6) is 5.75 Å². The molecular formula is C21H21F5N4O2. The Bertz CT molecular complexity index is 1120. The average molecular weight is 456 g/mol. The number of hydrogen-bond donors (Lipinski definition) is 2. The van der Waals surface area contributed by atoms with Crippen LogP contribution in [0.15, 0.2) is 30.5 Å². The van der Waals surface area contributed by atoms with Gasteiger partial charge in [0.2, 0.25) is 0 Å². The molecule has 32 heavy (non-hydrogen) atoms. The summed E-state index contributed by atoms with van der Waals surface area (Å²) in [6, 6.07) is 3.76. The van der Waals surface area contributed by atoms with Crippen LogP contribution in [0.3, 0.4) is 0 Å². The maximum absolute atomic E-state index is 13.9. The number of imidazole rings is 1. The molecule has 1 amide bonds. The molecule has 0 radical (unpaired) electrons. The Kier molecular flexibility index (Phi) is 6.68. The predicted molar refractivity (Wildman–Crippen MR) is 106 cm³/mol. The van der Waals surface area contributed by atoms with Gasteiger partial charge >= 0.3 is 6.18 Å². The zero-order valence-electron chi connectivity index (χ0n) is 17.3. The highest BCUT2D eigenvalue weighted by atomic mass is 19.4. The molecule has 0 bridgehead atoms. The predicted octanol–water partition coefficient (Wildman–Crippen LogP) is 3.82. The van der Waals surface area contributed by atoms with Crippen LogP contribution in [0.1, 0.15) is 33.7 Å². The third-order valence-corrected chi connectivity index (χ3v) is 4.66. The Morgan fingerprint density at radius 2 is 1.91 bits per heavy atom. The average Bonchev–Trinajstić information content (AvgIpc) is 3.00. The van der Waals surface area contributed by atoms with E-state index in [1.165, 1.54) is 10.5 Å². The Morgan fingerprint density at radius 3 is 2.53 bits per heavy atom. The lowest BCUT2D eigenvalue weighted by molar-refractivity contribution is -0.137. The largest absolute Gasteiger partial charge is 0.485 e. The summed E-state index contributed by atoms with van der Waals surface area (Å²) in [5.41, 5.74) is 6.43. The van der Waals surface area contributed by atoms with Crippen molar-refractivity contribution in [1.29, 1.82) is 0 Å². The Balaban J connectivity index is 1.85. The van der Waals surface area contributed by atoms with Gasteiger partial charge in [-0.2, -0.15) is 13.2 Å². The molecule has 2 heterocycles. The van der Waals surface area contributed by atoms with E-state index in [4.69, 9.17) is 10.5 Å². The zero-order chi connectivity index (χ0) is 23.6. The Morgan fingerprint density at radius 1 is 1.25 bits per heavy atom. The van der Waals surface area contributed by atoms with Gasteiger partial charge in [-0.15, -0.1) is 0 Å². The molecule has 172 valence electrons. The number of halogens is 5. The van der Waals surface area contributed by atoms with Gasteiger partial charge in [-0.1, -0.05) is 6.07 Å². The monoisotopic (exact) mass is 456 g/mol. The Labute approximate surface area is 180 Å². The second-order valence-corrected chi connectivity index (χ2v) is 7.40. The number of amides is 1. The second kappa shape index (κ2) is 9.11. The highest BCUT2D eigenvalue weighted by Gasteiger charge is 2.30. The fraction of sp³-hybridized carbons (Fsp3) is 0.333. The molecule has 0 aliphatic carbocycles. The summed E-state index contributed by atoms with van der Waals surface area (Å²) < 4.78 is 72.2. The van der Waals surface area contributed by atoms with Crippen LogP contribution in [0.4, 0.5) is 22.0 Å². The number of hydrogen-bond acceptors (Lipinski definition) is 4. The number of aromatic nitrogens is 2. The minimum atomic E-state index is -4.44. The van der Waals surface area contributed by atoms with Gasteiger partial charge in [0.05, 0.1) is 17.7 Å². The van der Waals surface area contributed by atoms with Crippen molar-refractivity contribution in [2.24, 2.45) is 5.73 Å². The van der Waals surface area contributed by atoms with Crippen molar-refractivity contribution in [3.8, 4) is 5.75 Å². The molecule has 0 saturated heterocycles. The molecular weight excluding hydrogens is 435 g/mol. The van der Waals surface area contributed by atoms with Crippen molar-refractivity contribution in [2.45, 2.75) is 39.1 Å². The number of ether oxygens (including phenoxy) is 1. The third kappa shape index (κ3) is 5.34. The second-order valence-electron chi connectivity index (χ2n) is 7.40. The van der Waals surface area contributed by atoms with Crippen LogP contribution >= 0.6 is 0 Å². The number of pyridine rings is 1. The van der Waals surface area contributed by atoms with Gasteiger partial charge in [-0.3, -0.25) is 9.20 Å². The number of nitrogens with two attached hydrogens (primary N) is 1. The van der Waals surface area contributed by atoms with Gasteiger partial charge in [-0.25, -0.2) is 13.8 Å². The Hall–Kier alpha value is -3.21. The van der Waals surface area contributed by atoms with Gasteiger partial charge in [-0.05, 0) is 37.6 Å². The molecule has 1 aromatic carbocycles. The van der Waals surface area contributed by atoms with Crippen molar-refractivity contribution in [3.63, 3.8) is 0 Å². The van der Waals surface area contributed by atoms with Crippen molar-refractivity contribution >= 4 is 11.6 Å². The summed E-state index contributed by atoms with van der Waals surface area (Å²) in [6.45, 7) is 2.48. The van der Waals surface area contributed by atoms with E-state index in [2.05, 4.69) is 10.3 Å². The van der Waals surface area contributed by atoms with Gasteiger partial charge in [0.15, 0.2) is 11.4 Å². The molecule has 3 N–H and O–H groups in total. The highest BCUT2D eigenvalue weighted by molar-refractivity contribution is 5.95. The molecule has 6 nitrogen and oxygen atoms in total. The number of carbonyl (C=O) groups is 1. The fourth-order valence-corrected chi connectivity index (χ4v) is 3.23. The first-order chi connectivity index (χ1) is 15.0. The maximum Gasteiger partial charge on any atom is 0.390 e. The number of carbonyl (C=O) groups excluding carboxylic acids is 1. The number of nitrogens with zero attached hydrogens (tertiary/aromatic N) is 2. The first-order valence-electron chi connectivity index (χ1n) is 9.61. The van der Waals surface area contributed by atoms with Crippen LogP contribution in [-0.2, 0) is 6.61 Å². The smallest absolute Gasteiger partial charge is 0.390 e. The van der Waals surface area contributed by atoms with Crippen LogP contribution < -0.4 is 15.8 Å². The van der Waals surface area contributed by atoms with E-state index < -0.39 is 42.8 Å². The summed E-state index contributed by atoms with van der Waals surface area (Å²) >= 11 is 0. The van der Waals surface area contributed by atoms with E-state index >= 15 is 0 Å². The number of benzene rings is 1. The van der Waals surface area contributed by atoms with Gasteiger partial charge in [0, 0.05) is 18.8 Å². The molecule has 1 atom stereocenters. The normalized spacial score (nSPS) is 12.8.